The van der Waals surface area contributed by atoms with E-state index < -0.39 is 0 Å². The summed E-state index contributed by atoms with van der Waals surface area (Å²) in [6.45, 7) is 7.26. The molecule has 0 N–H and O–H groups in total. The molecule has 2 saturated heterocycles. The van der Waals surface area contributed by atoms with E-state index in [1.165, 1.54) is 7.11 Å². The first-order valence-electron chi connectivity index (χ1n) is 12.1. The number of likely N-dealkylation sites (tertiary alicyclic amines) is 2. The van der Waals surface area contributed by atoms with Crippen LogP contribution in [0.15, 0.2) is 12.1 Å². The molecule has 0 radical (unpaired) electrons. The van der Waals surface area contributed by atoms with Crippen molar-refractivity contribution in [1.29, 1.82) is 0 Å². The summed E-state index contributed by atoms with van der Waals surface area (Å²) in [6, 6.07) is 3.73. The maximum absolute atomic E-state index is 12.6. The minimum absolute atomic E-state index is 0.0206. The van der Waals surface area contributed by atoms with E-state index in [2.05, 4.69) is 9.80 Å². The third-order valence-electron chi connectivity index (χ3n) is 7.85. The van der Waals surface area contributed by atoms with Crippen molar-refractivity contribution in [3.05, 3.63) is 27.7 Å². The number of ether oxygens (including phenoxy) is 2. The van der Waals surface area contributed by atoms with Crippen molar-refractivity contribution in [1.82, 2.24) is 9.80 Å². The topological polar surface area (TPSA) is 42.0 Å². The van der Waals surface area contributed by atoms with Gasteiger partial charge in [-0.25, -0.2) is 0 Å². The van der Waals surface area contributed by atoms with E-state index in [1.54, 1.807) is 0 Å². The van der Waals surface area contributed by atoms with Gasteiger partial charge in [0.1, 0.15) is 17.4 Å². The van der Waals surface area contributed by atoms with Crippen molar-refractivity contribution in [2.24, 2.45) is 5.92 Å². The van der Waals surface area contributed by atoms with Gasteiger partial charge in [0.25, 0.3) is 0 Å². The summed E-state index contributed by atoms with van der Waals surface area (Å²) < 4.78 is 11.5. The zero-order valence-corrected chi connectivity index (χ0v) is 20.9. The van der Waals surface area contributed by atoms with E-state index in [-0.39, 0.29) is 17.6 Å². The minimum atomic E-state index is -0.349. The monoisotopic (exact) mass is 482 g/mol. The quantitative estimate of drug-likeness (QED) is 0.511. The summed E-state index contributed by atoms with van der Waals surface area (Å²) in [4.78, 5) is 17.6. The first kappa shape index (κ1) is 24.1. The van der Waals surface area contributed by atoms with Gasteiger partial charge >= 0.3 is 5.97 Å². The molecule has 0 amide bonds. The lowest BCUT2D eigenvalue weighted by Crippen LogP contribution is -2.56. The van der Waals surface area contributed by atoms with Gasteiger partial charge in [0.05, 0.1) is 17.2 Å². The fraction of sp³-hybridized carbons (Fsp3) is 0.720. The summed E-state index contributed by atoms with van der Waals surface area (Å²) in [5.74, 6) is 1.53. The van der Waals surface area contributed by atoms with Crippen molar-refractivity contribution >= 4 is 29.2 Å². The number of carbonyl (C=O) groups is 1. The Bertz CT molecular complexity index is 797. The number of hydrogen-bond acceptors (Lipinski definition) is 5. The lowest BCUT2D eigenvalue weighted by molar-refractivity contribution is -0.156. The lowest BCUT2D eigenvalue weighted by Gasteiger charge is -2.44. The maximum Gasteiger partial charge on any atom is 0.326 e. The highest BCUT2D eigenvalue weighted by Crippen LogP contribution is 2.39. The molecule has 3 aliphatic rings. The molecule has 2 aliphatic heterocycles. The Morgan fingerprint density at radius 2 is 1.72 bits per heavy atom. The molecule has 2 heterocycles. The fourth-order valence-electron chi connectivity index (χ4n) is 5.86. The van der Waals surface area contributed by atoms with Gasteiger partial charge in [-0.15, -0.1) is 0 Å². The number of rotatable bonds is 6. The average Bonchev–Trinajstić information content (AvgIpc) is 3.32. The van der Waals surface area contributed by atoms with Crippen LogP contribution in [0, 0.1) is 12.8 Å². The summed E-state index contributed by atoms with van der Waals surface area (Å²) in [5, 5.41) is 1.15. The Labute approximate surface area is 202 Å². The van der Waals surface area contributed by atoms with E-state index >= 15 is 0 Å². The van der Waals surface area contributed by atoms with Crippen LogP contribution in [0.5, 0.6) is 5.75 Å². The Hall–Kier alpha value is -1.01. The van der Waals surface area contributed by atoms with Crippen LogP contribution in [-0.2, 0) is 9.53 Å². The number of halogens is 2. The molecular weight excluding hydrogens is 447 g/mol. The second-order valence-corrected chi connectivity index (χ2v) is 10.5. The highest BCUT2D eigenvalue weighted by molar-refractivity contribution is 6.42. The Kier molecular flexibility index (Phi) is 7.92. The van der Waals surface area contributed by atoms with Gasteiger partial charge < -0.3 is 14.4 Å². The zero-order chi connectivity index (χ0) is 22.7. The first-order chi connectivity index (χ1) is 15.4. The molecule has 32 heavy (non-hydrogen) atoms. The second kappa shape index (κ2) is 10.5. The van der Waals surface area contributed by atoms with Crippen LogP contribution >= 0.6 is 23.2 Å². The standard InChI is InChI=1S/C25H36Cl2N2O3/c1-18-22(6-5-21(26)23(18)27)32-20-9-13-28(14-10-20)17-19-7-15-29(16-8-19)25(24(30)31-2)11-3-4-12-25/h5-6,19-20H,3-4,7-17H2,1-2H3. The Balaban J connectivity index is 1.23. The zero-order valence-electron chi connectivity index (χ0n) is 19.4. The van der Waals surface area contributed by atoms with Gasteiger partial charge in [-0.2, -0.15) is 0 Å². The molecule has 0 spiro atoms. The SMILES string of the molecule is COC(=O)C1(N2CCC(CN3CCC(Oc4ccc(Cl)c(Cl)c4C)CC3)CC2)CCCC1. The fourth-order valence-corrected chi connectivity index (χ4v) is 6.22. The maximum atomic E-state index is 12.6. The largest absolute Gasteiger partial charge is 0.490 e. The van der Waals surface area contributed by atoms with Gasteiger partial charge in [0.15, 0.2) is 0 Å². The number of hydrogen-bond donors (Lipinski definition) is 0. The van der Waals surface area contributed by atoms with Gasteiger partial charge in [-0.1, -0.05) is 36.0 Å². The van der Waals surface area contributed by atoms with Crippen molar-refractivity contribution < 1.29 is 14.3 Å². The van der Waals surface area contributed by atoms with Gasteiger partial charge in [0.2, 0.25) is 0 Å². The Morgan fingerprint density at radius 3 is 2.34 bits per heavy atom. The van der Waals surface area contributed by atoms with Crippen molar-refractivity contribution in [2.75, 3.05) is 39.8 Å². The molecule has 178 valence electrons. The molecule has 0 bridgehead atoms. The van der Waals surface area contributed by atoms with Crippen LogP contribution in [0.25, 0.3) is 0 Å². The Morgan fingerprint density at radius 1 is 1.06 bits per heavy atom. The summed E-state index contributed by atoms with van der Waals surface area (Å²) in [5.41, 5.74) is 0.568. The van der Waals surface area contributed by atoms with E-state index in [1.807, 2.05) is 19.1 Å². The summed E-state index contributed by atoms with van der Waals surface area (Å²) in [7, 11) is 1.53. The highest BCUT2D eigenvalue weighted by Gasteiger charge is 2.48. The molecule has 1 saturated carbocycles. The summed E-state index contributed by atoms with van der Waals surface area (Å²) in [6.07, 6.45) is 8.79. The smallest absolute Gasteiger partial charge is 0.326 e. The number of piperidine rings is 2. The number of carbonyl (C=O) groups excluding carboxylic acids is 1. The van der Waals surface area contributed by atoms with Crippen LogP contribution in [0.4, 0.5) is 0 Å². The molecule has 1 aliphatic carbocycles. The third-order valence-corrected chi connectivity index (χ3v) is 8.75. The van der Waals surface area contributed by atoms with E-state index in [9.17, 15) is 4.79 Å². The molecular formula is C25H36Cl2N2O3. The van der Waals surface area contributed by atoms with E-state index in [0.29, 0.717) is 16.0 Å². The van der Waals surface area contributed by atoms with Gasteiger partial charge in [0, 0.05) is 25.2 Å². The van der Waals surface area contributed by atoms with Crippen molar-refractivity contribution in [3.63, 3.8) is 0 Å². The van der Waals surface area contributed by atoms with Crippen LogP contribution in [-0.4, -0.2) is 67.2 Å². The van der Waals surface area contributed by atoms with Crippen LogP contribution < -0.4 is 4.74 Å². The molecule has 5 nitrogen and oxygen atoms in total. The highest BCUT2D eigenvalue weighted by atomic mass is 35.5. The average molecular weight is 483 g/mol. The van der Waals surface area contributed by atoms with E-state index in [0.717, 1.165) is 95.4 Å². The van der Waals surface area contributed by atoms with Crippen LogP contribution in [0.1, 0.15) is 56.9 Å². The van der Waals surface area contributed by atoms with Crippen LogP contribution in [0.3, 0.4) is 0 Å². The summed E-state index contributed by atoms with van der Waals surface area (Å²) >= 11 is 12.4. The van der Waals surface area contributed by atoms with E-state index in [4.69, 9.17) is 32.7 Å². The predicted octanol–water partition coefficient (Wildman–Crippen LogP) is 5.34. The number of methoxy groups -OCH3 is 1. The van der Waals surface area contributed by atoms with Crippen molar-refractivity contribution in [3.8, 4) is 5.75 Å². The van der Waals surface area contributed by atoms with Gasteiger partial charge in [-0.05, 0) is 76.6 Å². The third kappa shape index (κ3) is 5.06. The molecule has 0 unspecified atom stereocenters. The van der Waals surface area contributed by atoms with Gasteiger partial charge in [-0.3, -0.25) is 9.69 Å². The molecule has 7 heteroatoms. The second-order valence-electron chi connectivity index (χ2n) is 9.76. The normalized spacial score (nSPS) is 23.4. The lowest BCUT2D eigenvalue weighted by atomic mass is 9.88. The molecule has 1 aromatic rings. The van der Waals surface area contributed by atoms with Crippen LogP contribution in [0.2, 0.25) is 10.0 Å². The molecule has 3 fully saturated rings. The first-order valence-corrected chi connectivity index (χ1v) is 12.9. The molecule has 0 aromatic heterocycles. The predicted molar refractivity (Wildman–Crippen MR) is 129 cm³/mol. The number of esters is 1. The minimum Gasteiger partial charge on any atom is -0.490 e. The number of nitrogens with zero attached hydrogens (tertiary/aromatic N) is 2. The molecule has 0 atom stereocenters. The molecule has 4 rings (SSSR count). The number of benzene rings is 1. The van der Waals surface area contributed by atoms with Crippen molar-refractivity contribution in [2.45, 2.75) is 69.9 Å². The molecule has 1 aromatic carbocycles.